The highest BCUT2D eigenvalue weighted by atomic mass is 127. The normalized spacial score (nSPS) is 16.6. The lowest BCUT2D eigenvalue weighted by molar-refractivity contribution is 0.373. The molecule has 0 saturated carbocycles. The number of halogens is 1. The lowest BCUT2D eigenvalue weighted by atomic mass is 9.85. The Balaban J connectivity index is 2.38. The summed E-state index contributed by atoms with van der Waals surface area (Å²) in [5.74, 6) is -0.849. The van der Waals surface area contributed by atoms with Crippen LogP contribution in [0, 0.1) is 14.9 Å². The maximum Gasteiger partial charge on any atom is 0.328 e. The predicted molar refractivity (Wildman–Crippen MR) is 86.1 cm³/mol. The molecule has 2 aromatic rings. The van der Waals surface area contributed by atoms with Gasteiger partial charge in [-0.2, -0.15) is 5.26 Å². The molecule has 0 spiro atoms. The van der Waals surface area contributed by atoms with E-state index in [2.05, 4.69) is 32.6 Å². The fourth-order valence-corrected chi connectivity index (χ4v) is 3.11. The number of nitrogens with two attached hydrogens (primary N) is 1. The van der Waals surface area contributed by atoms with Crippen LogP contribution in [0.25, 0.3) is 0 Å². The van der Waals surface area contributed by atoms with Gasteiger partial charge in [0.05, 0.1) is 11.5 Å². The minimum atomic E-state index is -0.696. The van der Waals surface area contributed by atoms with E-state index in [1.54, 1.807) is 12.1 Å². The number of rotatable bonds is 1. The molecule has 3 rings (SSSR count). The van der Waals surface area contributed by atoms with Gasteiger partial charge in [-0.05, 0) is 34.2 Å². The van der Waals surface area contributed by atoms with Crippen LogP contribution in [0.4, 0.5) is 0 Å². The topological polar surface area (TPSA) is 125 Å². The maximum absolute atomic E-state index is 12.2. The maximum atomic E-state index is 12.2. The van der Waals surface area contributed by atoms with Gasteiger partial charge in [-0.3, -0.25) is 14.8 Å². The highest BCUT2D eigenvalue weighted by Crippen LogP contribution is 2.39. The van der Waals surface area contributed by atoms with Crippen molar-refractivity contribution in [2.75, 3.05) is 0 Å². The smallest absolute Gasteiger partial charge is 0.328 e. The van der Waals surface area contributed by atoms with Gasteiger partial charge in [-0.25, -0.2) is 4.79 Å². The third kappa shape index (κ3) is 2.19. The molecule has 0 aliphatic carbocycles. The molecular weight excluding hydrogens is 399 g/mol. The van der Waals surface area contributed by atoms with Crippen molar-refractivity contribution in [2.45, 2.75) is 5.92 Å². The molecule has 0 unspecified atom stereocenters. The number of aromatic amines is 2. The molecule has 7 nitrogen and oxygen atoms in total. The summed E-state index contributed by atoms with van der Waals surface area (Å²) in [6.45, 7) is 0. The molecule has 0 saturated heterocycles. The third-order valence-electron chi connectivity index (χ3n) is 3.33. The number of nitrogens with zero attached hydrogens (tertiary/aromatic N) is 1. The van der Waals surface area contributed by atoms with Crippen LogP contribution in [-0.2, 0) is 0 Å². The van der Waals surface area contributed by atoms with Crippen molar-refractivity contribution in [2.24, 2.45) is 5.73 Å². The van der Waals surface area contributed by atoms with Gasteiger partial charge in [-0.15, -0.1) is 0 Å². The lowest BCUT2D eigenvalue weighted by Gasteiger charge is -2.25. The quantitative estimate of drug-likeness (QED) is 0.605. The number of hydrogen-bond acceptors (Lipinski definition) is 5. The molecule has 0 radical (unpaired) electrons. The third-order valence-corrected chi connectivity index (χ3v) is 4.32. The number of benzene rings is 1. The van der Waals surface area contributed by atoms with Crippen LogP contribution >= 0.6 is 22.6 Å². The number of nitriles is 1. The van der Waals surface area contributed by atoms with Gasteiger partial charge in [-0.1, -0.05) is 18.2 Å². The Morgan fingerprint density at radius 2 is 2.00 bits per heavy atom. The predicted octanol–water partition coefficient (Wildman–Crippen LogP) is 0.886. The number of nitrogens with one attached hydrogen (secondary N) is 2. The molecule has 22 heavy (non-hydrogen) atoms. The van der Waals surface area contributed by atoms with Crippen LogP contribution in [-0.4, -0.2) is 9.97 Å². The van der Waals surface area contributed by atoms with E-state index in [9.17, 15) is 14.9 Å². The molecule has 1 aromatic heterocycles. The number of fused-ring (bicyclic) bond motifs is 1. The molecular formula is C14H9IN4O3. The van der Waals surface area contributed by atoms with Gasteiger partial charge in [0.2, 0.25) is 11.8 Å². The molecule has 0 fully saturated rings. The first-order valence-corrected chi connectivity index (χ1v) is 7.29. The van der Waals surface area contributed by atoms with Gasteiger partial charge in [0.25, 0.3) is 5.56 Å². The van der Waals surface area contributed by atoms with Crippen molar-refractivity contribution < 1.29 is 4.74 Å². The van der Waals surface area contributed by atoms with Crippen molar-refractivity contribution in [3.05, 3.63) is 71.3 Å². The van der Waals surface area contributed by atoms with Crippen molar-refractivity contribution in [1.82, 2.24) is 9.97 Å². The zero-order valence-corrected chi connectivity index (χ0v) is 13.2. The summed E-state index contributed by atoms with van der Waals surface area (Å²) in [4.78, 5) is 28.2. The Morgan fingerprint density at radius 1 is 1.27 bits per heavy atom. The minimum absolute atomic E-state index is 0.0325. The van der Waals surface area contributed by atoms with Crippen LogP contribution in [0.5, 0.6) is 5.88 Å². The molecule has 4 N–H and O–H groups in total. The first-order chi connectivity index (χ1) is 10.5. The number of hydrogen-bond donors (Lipinski definition) is 3. The SMILES string of the molecule is N#CC1=C(N)Oc2[nH]c(=O)[nH]c(=O)c2[C@@H]1c1ccccc1I. The van der Waals surface area contributed by atoms with E-state index in [0.717, 1.165) is 9.13 Å². The molecule has 1 aromatic carbocycles. The molecule has 1 aliphatic rings. The molecule has 8 heteroatoms. The summed E-state index contributed by atoms with van der Waals surface area (Å²) in [6.07, 6.45) is 0. The number of aromatic nitrogens is 2. The second-order valence-corrected chi connectivity index (χ2v) is 5.76. The first kappa shape index (κ1) is 14.4. The van der Waals surface area contributed by atoms with E-state index >= 15 is 0 Å². The number of ether oxygens (including phenoxy) is 1. The Kier molecular flexibility index (Phi) is 3.50. The van der Waals surface area contributed by atoms with Gasteiger partial charge in [0.1, 0.15) is 11.6 Å². The Hall–Kier alpha value is -2.54. The molecule has 1 aliphatic heterocycles. The minimum Gasteiger partial charge on any atom is -0.424 e. The van der Waals surface area contributed by atoms with Crippen LogP contribution in [0.3, 0.4) is 0 Å². The average Bonchev–Trinajstić information content (AvgIpc) is 2.46. The van der Waals surface area contributed by atoms with E-state index in [0.29, 0.717) is 0 Å². The fourth-order valence-electron chi connectivity index (χ4n) is 2.41. The van der Waals surface area contributed by atoms with E-state index in [4.69, 9.17) is 10.5 Å². The molecule has 0 amide bonds. The zero-order valence-electron chi connectivity index (χ0n) is 11.0. The largest absolute Gasteiger partial charge is 0.424 e. The molecule has 1 atom stereocenters. The van der Waals surface area contributed by atoms with E-state index < -0.39 is 17.2 Å². The number of allylic oxidation sites excluding steroid dienone is 1. The lowest BCUT2D eigenvalue weighted by Crippen LogP contribution is -2.33. The highest BCUT2D eigenvalue weighted by Gasteiger charge is 2.34. The van der Waals surface area contributed by atoms with Crippen molar-refractivity contribution >= 4 is 22.6 Å². The Bertz CT molecular complexity index is 952. The Labute approximate surface area is 137 Å². The van der Waals surface area contributed by atoms with Gasteiger partial charge < -0.3 is 10.5 Å². The van der Waals surface area contributed by atoms with Crippen LogP contribution in [0.1, 0.15) is 17.0 Å². The van der Waals surface area contributed by atoms with Crippen LogP contribution < -0.4 is 21.7 Å². The fraction of sp³-hybridized carbons (Fsp3) is 0.0714. The monoisotopic (exact) mass is 408 g/mol. The average molecular weight is 408 g/mol. The second kappa shape index (κ2) is 5.34. The van der Waals surface area contributed by atoms with E-state index in [1.165, 1.54) is 0 Å². The van der Waals surface area contributed by atoms with Gasteiger partial charge >= 0.3 is 5.69 Å². The second-order valence-electron chi connectivity index (χ2n) is 4.60. The summed E-state index contributed by atoms with van der Waals surface area (Å²) in [5.41, 5.74) is 5.51. The summed E-state index contributed by atoms with van der Waals surface area (Å²) in [6, 6.07) is 9.31. The molecule has 2 heterocycles. The van der Waals surface area contributed by atoms with Crippen molar-refractivity contribution in [3.8, 4) is 11.9 Å². The van der Waals surface area contributed by atoms with Gasteiger partial charge in [0.15, 0.2) is 0 Å². The van der Waals surface area contributed by atoms with Crippen LogP contribution in [0.15, 0.2) is 45.3 Å². The highest BCUT2D eigenvalue weighted by molar-refractivity contribution is 14.1. The molecule has 110 valence electrons. The van der Waals surface area contributed by atoms with Crippen molar-refractivity contribution in [3.63, 3.8) is 0 Å². The van der Waals surface area contributed by atoms with Crippen molar-refractivity contribution in [1.29, 1.82) is 5.26 Å². The number of H-pyrrole nitrogens is 2. The Morgan fingerprint density at radius 3 is 2.68 bits per heavy atom. The molecule has 0 bridgehead atoms. The van der Waals surface area contributed by atoms with E-state index in [1.807, 2.05) is 18.2 Å². The first-order valence-electron chi connectivity index (χ1n) is 6.21. The standard InChI is InChI=1S/C14H9IN4O3/c15-8-4-2-1-3-6(8)9-7(5-16)11(17)22-13-10(9)12(20)18-14(21)19-13/h1-4,9H,17H2,(H2,18,19,20,21)/t9-/m1/s1. The van der Waals surface area contributed by atoms with Gasteiger partial charge in [0, 0.05) is 3.57 Å². The summed E-state index contributed by atoms with van der Waals surface area (Å²) in [7, 11) is 0. The summed E-state index contributed by atoms with van der Waals surface area (Å²) in [5, 5.41) is 9.40. The van der Waals surface area contributed by atoms with E-state index in [-0.39, 0.29) is 22.9 Å². The zero-order chi connectivity index (χ0) is 15.9. The van der Waals surface area contributed by atoms with Crippen LogP contribution in [0.2, 0.25) is 0 Å². The summed E-state index contributed by atoms with van der Waals surface area (Å²) < 4.78 is 6.11. The summed E-state index contributed by atoms with van der Waals surface area (Å²) >= 11 is 2.12.